The normalized spacial score (nSPS) is 14.3. The fraction of sp³-hybridized carbons (Fsp3) is 0.280. The number of nitrogens with one attached hydrogen (secondary N) is 1. The Kier molecular flexibility index (Phi) is 6.73. The van der Waals surface area contributed by atoms with E-state index in [4.69, 9.17) is 4.74 Å². The second-order valence-electron chi connectivity index (χ2n) is 8.20. The van der Waals surface area contributed by atoms with Crippen LogP contribution in [0.2, 0.25) is 0 Å². The number of piperazine rings is 1. The molecular weight excluding hydrogens is 464 g/mol. The lowest BCUT2D eigenvalue weighted by Crippen LogP contribution is -2.49. The minimum atomic E-state index is -0.184. The van der Waals surface area contributed by atoms with Crippen LogP contribution < -0.4 is 15.6 Å². The van der Waals surface area contributed by atoms with Gasteiger partial charge in [0.1, 0.15) is 10.8 Å². The third-order valence-electron chi connectivity index (χ3n) is 5.78. The summed E-state index contributed by atoms with van der Waals surface area (Å²) in [5.41, 5.74) is 2.23. The van der Waals surface area contributed by atoms with E-state index in [0.717, 1.165) is 22.0 Å². The van der Waals surface area contributed by atoms with Crippen molar-refractivity contribution >= 4 is 28.0 Å². The molecule has 4 aromatic rings. The Labute approximate surface area is 206 Å². The summed E-state index contributed by atoms with van der Waals surface area (Å²) in [4.78, 5) is 34.6. The average molecular weight is 491 g/mol. The van der Waals surface area contributed by atoms with Gasteiger partial charge < -0.3 is 15.0 Å². The molecule has 1 saturated heterocycles. The van der Waals surface area contributed by atoms with E-state index >= 15 is 0 Å². The van der Waals surface area contributed by atoms with Gasteiger partial charge in [0, 0.05) is 50.0 Å². The summed E-state index contributed by atoms with van der Waals surface area (Å²) in [6, 6.07) is 18.6. The fourth-order valence-electron chi connectivity index (χ4n) is 3.98. The Morgan fingerprint density at radius 2 is 1.80 bits per heavy atom. The molecule has 0 radical (unpaired) electrons. The molecule has 0 aliphatic carbocycles. The molecule has 1 N–H and O–H groups in total. The van der Waals surface area contributed by atoms with Crippen molar-refractivity contribution in [2.45, 2.75) is 13.5 Å². The van der Waals surface area contributed by atoms with E-state index in [9.17, 15) is 9.59 Å². The van der Waals surface area contributed by atoms with Crippen LogP contribution in [0.5, 0.6) is 5.75 Å². The molecule has 2 aromatic carbocycles. The average Bonchev–Trinajstić information content (AvgIpc) is 3.31. The lowest BCUT2D eigenvalue weighted by molar-refractivity contribution is 0.142. The summed E-state index contributed by atoms with van der Waals surface area (Å²) < 4.78 is 6.80. The second kappa shape index (κ2) is 10.2. The highest BCUT2D eigenvalue weighted by Gasteiger charge is 2.22. The number of carbonyl (C=O) groups excluding carboxylic acids is 1. The zero-order chi connectivity index (χ0) is 24.2. The first-order valence-electron chi connectivity index (χ1n) is 11.6. The molecule has 0 saturated carbocycles. The Hall–Kier alpha value is -3.76. The molecule has 180 valence electrons. The molecule has 35 heavy (non-hydrogen) atoms. The number of hydrogen-bond acceptors (Lipinski definition) is 7. The van der Waals surface area contributed by atoms with Gasteiger partial charge in [-0.3, -0.25) is 9.69 Å². The molecule has 0 bridgehead atoms. The van der Waals surface area contributed by atoms with Crippen molar-refractivity contribution in [2.24, 2.45) is 0 Å². The van der Waals surface area contributed by atoms with Gasteiger partial charge in [0.25, 0.3) is 5.56 Å². The van der Waals surface area contributed by atoms with Gasteiger partial charge >= 0.3 is 6.03 Å². The number of amides is 2. The second-order valence-corrected chi connectivity index (χ2v) is 9.16. The fourth-order valence-corrected chi connectivity index (χ4v) is 4.91. The molecule has 3 heterocycles. The lowest BCUT2D eigenvalue weighted by Gasteiger charge is -2.34. The van der Waals surface area contributed by atoms with Crippen molar-refractivity contribution in [2.75, 3.05) is 38.1 Å². The number of ether oxygens (including phenoxy) is 1. The summed E-state index contributed by atoms with van der Waals surface area (Å²) in [5, 5.41) is 8.14. The smallest absolute Gasteiger partial charge is 0.321 e. The number of anilines is 1. The number of carbonyl (C=O) groups is 1. The molecule has 5 rings (SSSR count). The third-order valence-corrected chi connectivity index (χ3v) is 6.74. The third kappa shape index (κ3) is 5.33. The van der Waals surface area contributed by atoms with Crippen LogP contribution in [0.15, 0.2) is 65.5 Å². The largest absolute Gasteiger partial charge is 0.494 e. The summed E-state index contributed by atoms with van der Waals surface area (Å²) in [7, 11) is 0. The first-order valence-corrected chi connectivity index (χ1v) is 12.4. The summed E-state index contributed by atoms with van der Waals surface area (Å²) in [6.07, 6.45) is 0. The van der Waals surface area contributed by atoms with E-state index in [-0.39, 0.29) is 11.6 Å². The van der Waals surface area contributed by atoms with Gasteiger partial charge in [0.2, 0.25) is 4.96 Å². The van der Waals surface area contributed by atoms with Crippen LogP contribution in [-0.2, 0) is 6.54 Å². The first-order chi connectivity index (χ1) is 17.1. The van der Waals surface area contributed by atoms with E-state index in [0.29, 0.717) is 50.0 Å². The van der Waals surface area contributed by atoms with Crippen LogP contribution in [0.3, 0.4) is 0 Å². The Balaban J connectivity index is 1.19. The van der Waals surface area contributed by atoms with Crippen LogP contribution in [0, 0.1) is 0 Å². The summed E-state index contributed by atoms with van der Waals surface area (Å²) in [6.45, 7) is 5.70. The highest BCUT2D eigenvalue weighted by atomic mass is 32.1. The zero-order valence-electron chi connectivity index (χ0n) is 19.4. The zero-order valence-corrected chi connectivity index (χ0v) is 20.2. The SMILES string of the molecule is CCOc1ccc(NC(=O)N2CCN(Cc3cc(=O)n4nc(-c5ccccc5)sc4n3)CC2)cc1. The van der Waals surface area contributed by atoms with E-state index in [1.165, 1.54) is 15.9 Å². The van der Waals surface area contributed by atoms with Gasteiger partial charge in [0.05, 0.1) is 12.3 Å². The monoisotopic (exact) mass is 490 g/mol. The van der Waals surface area contributed by atoms with Crippen molar-refractivity contribution in [3.63, 3.8) is 0 Å². The van der Waals surface area contributed by atoms with E-state index < -0.39 is 0 Å². The lowest BCUT2D eigenvalue weighted by atomic mass is 10.2. The standard InChI is InChI=1S/C25H26N6O3S/c1-2-34-21-10-8-19(9-11-21)26-24(33)30-14-12-29(13-15-30)17-20-16-22(32)31-25(27-20)35-23(28-31)18-6-4-3-5-7-18/h3-11,16H,2,12-15,17H2,1H3,(H,26,33). The molecule has 2 amide bonds. The van der Waals surface area contributed by atoms with Crippen LogP contribution in [0.1, 0.15) is 12.6 Å². The number of hydrogen-bond donors (Lipinski definition) is 1. The first kappa shape index (κ1) is 23.0. The summed E-state index contributed by atoms with van der Waals surface area (Å²) >= 11 is 1.40. The topological polar surface area (TPSA) is 92.1 Å². The van der Waals surface area contributed by atoms with Crippen LogP contribution in [0.4, 0.5) is 10.5 Å². The Morgan fingerprint density at radius 1 is 1.06 bits per heavy atom. The quantitative estimate of drug-likeness (QED) is 0.444. The highest BCUT2D eigenvalue weighted by Crippen LogP contribution is 2.24. The maximum absolute atomic E-state index is 12.7. The van der Waals surface area contributed by atoms with E-state index in [1.54, 1.807) is 11.0 Å². The van der Waals surface area contributed by atoms with Crippen molar-refractivity contribution in [3.05, 3.63) is 76.7 Å². The van der Waals surface area contributed by atoms with Crippen LogP contribution in [0.25, 0.3) is 15.5 Å². The van der Waals surface area contributed by atoms with Crippen LogP contribution >= 0.6 is 11.3 Å². The predicted octanol–water partition coefficient (Wildman–Crippen LogP) is 3.57. The Bertz CT molecular complexity index is 1360. The maximum Gasteiger partial charge on any atom is 0.321 e. The van der Waals surface area contributed by atoms with E-state index in [2.05, 4.69) is 20.3 Å². The predicted molar refractivity (Wildman–Crippen MR) is 136 cm³/mol. The minimum Gasteiger partial charge on any atom is -0.494 e. The van der Waals surface area contributed by atoms with Crippen molar-refractivity contribution in [1.82, 2.24) is 24.4 Å². The van der Waals surface area contributed by atoms with Crippen molar-refractivity contribution in [3.8, 4) is 16.3 Å². The molecule has 0 atom stereocenters. The van der Waals surface area contributed by atoms with Gasteiger partial charge in [-0.2, -0.15) is 9.61 Å². The van der Waals surface area contributed by atoms with Gasteiger partial charge in [-0.05, 0) is 31.2 Å². The summed E-state index contributed by atoms with van der Waals surface area (Å²) in [5.74, 6) is 0.778. The number of benzene rings is 2. The van der Waals surface area contributed by atoms with Gasteiger partial charge in [0.15, 0.2) is 0 Å². The van der Waals surface area contributed by atoms with Crippen molar-refractivity contribution < 1.29 is 9.53 Å². The number of fused-ring (bicyclic) bond motifs is 1. The molecule has 0 spiro atoms. The number of nitrogens with zero attached hydrogens (tertiary/aromatic N) is 5. The highest BCUT2D eigenvalue weighted by molar-refractivity contribution is 7.19. The number of aromatic nitrogens is 3. The molecule has 1 fully saturated rings. The van der Waals surface area contributed by atoms with Gasteiger partial charge in [-0.1, -0.05) is 41.7 Å². The molecule has 1 aliphatic heterocycles. The van der Waals surface area contributed by atoms with Crippen LogP contribution in [-0.4, -0.2) is 63.2 Å². The molecule has 9 nitrogen and oxygen atoms in total. The van der Waals surface area contributed by atoms with Gasteiger partial charge in [-0.15, -0.1) is 0 Å². The number of urea groups is 1. The maximum atomic E-state index is 12.7. The van der Waals surface area contributed by atoms with Gasteiger partial charge in [-0.25, -0.2) is 9.78 Å². The van der Waals surface area contributed by atoms with Crippen molar-refractivity contribution in [1.29, 1.82) is 0 Å². The molecule has 10 heteroatoms. The molecule has 2 aromatic heterocycles. The molecule has 0 unspecified atom stereocenters. The Morgan fingerprint density at radius 3 is 2.51 bits per heavy atom. The molecular formula is C25H26N6O3S. The van der Waals surface area contributed by atoms with E-state index in [1.807, 2.05) is 61.5 Å². The molecule has 1 aliphatic rings. The number of rotatable bonds is 6. The minimum absolute atomic E-state index is 0.121.